The summed E-state index contributed by atoms with van der Waals surface area (Å²) in [6.07, 6.45) is 0. The minimum atomic E-state index is -0.833. The zero-order chi connectivity index (χ0) is 9.86. The fourth-order valence-corrected chi connectivity index (χ4v) is 0. The standard InChI is InChI=1S/2C2H4O2.H6OSi2/c2*1-2(3)4;2-1-3/h2*1H3,(H,3,4);2-3H3. The number of carboxylic acids is 2. The van der Waals surface area contributed by atoms with Gasteiger partial charge < -0.3 is 14.3 Å². The monoisotopic (exact) mass is 198 g/mol. The quantitative estimate of drug-likeness (QED) is 0.429. The molecule has 0 aromatic heterocycles. The molecule has 0 aliphatic carbocycles. The normalized spacial score (nSPS) is 6.73. The van der Waals surface area contributed by atoms with E-state index in [-0.39, 0.29) is 0 Å². The maximum absolute atomic E-state index is 9.00. The van der Waals surface area contributed by atoms with E-state index in [1.807, 2.05) is 0 Å². The average molecular weight is 198 g/mol. The van der Waals surface area contributed by atoms with Crippen LogP contribution >= 0.6 is 0 Å². The topological polar surface area (TPSA) is 83.8 Å². The molecule has 0 unspecified atom stereocenters. The van der Waals surface area contributed by atoms with E-state index < -0.39 is 11.9 Å². The Kier molecular flexibility index (Phi) is 24.6. The van der Waals surface area contributed by atoms with Gasteiger partial charge in [0.05, 0.1) is 0 Å². The van der Waals surface area contributed by atoms with Crippen LogP contribution in [0.2, 0.25) is 0 Å². The molecular formula is C4H14O5Si2. The molecule has 5 nitrogen and oxygen atoms in total. The molecule has 0 radical (unpaired) electrons. The van der Waals surface area contributed by atoms with E-state index in [0.29, 0.717) is 0 Å². The summed E-state index contributed by atoms with van der Waals surface area (Å²) in [4.78, 5) is 18.0. The molecule has 0 aromatic rings. The third-order valence-electron chi connectivity index (χ3n) is 0. The first-order chi connectivity index (χ1) is 4.88. The first kappa shape index (κ1) is 16.7. The Morgan fingerprint density at radius 2 is 1.09 bits per heavy atom. The van der Waals surface area contributed by atoms with Gasteiger partial charge in [-0.05, 0) is 0 Å². The molecule has 0 atom stereocenters. The van der Waals surface area contributed by atoms with E-state index in [0.717, 1.165) is 34.8 Å². The molecule has 7 heteroatoms. The Hall–Kier alpha value is -0.666. The van der Waals surface area contributed by atoms with Gasteiger partial charge in [-0.3, -0.25) is 9.59 Å². The molecule has 0 aliphatic heterocycles. The van der Waals surface area contributed by atoms with Gasteiger partial charge in [-0.1, -0.05) is 0 Å². The van der Waals surface area contributed by atoms with E-state index in [9.17, 15) is 0 Å². The molecule has 0 fully saturated rings. The van der Waals surface area contributed by atoms with Crippen LogP contribution in [-0.4, -0.2) is 43.1 Å². The van der Waals surface area contributed by atoms with Gasteiger partial charge in [-0.15, -0.1) is 0 Å². The van der Waals surface area contributed by atoms with Crippen molar-refractivity contribution in [1.82, 2.24) is 0 Å². The van der Waals surface area contributed by atoms with E-state index in [4.69, 9.17) is 19.8 Å². The van der Waals surface area contributed by atoms with Crippen molar-refractivity contribution in [2.24, 2.45) is 0 Å². The van der Waals surface area contributed by atoms with E-state index in [1.54, 1.807) is 0 Å². The Labute approximate surface area is 71.5 Å². The highest BCUT2D eigenvalue weighted by Gasteiger charge is 1.65. The molecule has 0 amide bonds. The van der Waals surface area contributed by atoms with Crippen molar-refractivity contribution in [2.45, 2.75) is 13.8 Å². The predicted molar refractivity (Wildman–Crippen MR) is 47.6 cm³/mol. The molecule has 0 heterocycles. The predicted octanol–water partition coefficient (Wildman–Crippen LogP) is -2.25. The Morgan fingerprint density at radius 1 is 1.09 bits per heavy atom. The summed E-state index contributed by atoms with van der Waals surface area (Å²) in [5.74, 6) is -1.67. The number of hydrogen-bond acceptors (Lipinski definition) is 3. The molecule has 0 aliphatic rings. The van der Waals surface area contributed by atoms with Crippen LogP contribution in [0, 0.1) is 0 Å². The Bertz CT molecular complexity index is 84.7. The minimum Gasteiger partial charge on any atom is -0.481 e. The van der Waals surface area contributed by atoms with Gasteiger partial charge in [0.1, 0.15) is 21.0 Å². The first-order valence-electron chi connectivity index (χ1n) is 2.67. The van der Waals surface area contributed by atoms with Crippen LogP contribution < -0.4 is 0 Å². The second kappa shape index (κ2) is 16.2. The minimum absolute atomic E-state index is 0.833. The molecule has 0 saturated heterocycles. The molecule has 0 saturated carbocycles. The summed E-state index contributed by atoms with van der Waals surface area (Å²) in [5.41, 5.74) is 0. The number of rotatable bonds is 0. The van der Waals surface area contributed by atoms with Crippen molar-refractivity contribution in [3.63, 3.8) is 0 Å². The zero-order valence-electron chi connectivity index (χ0n) is 7.12. The third-order valence-corrected chi connectivity index (χ3v) is 0. The zero-order valence-corrected chi connectivity index (χ0v) is 11.1. The molecule has 0 aromatic carbocycles. The molecular weight excluding hydrogens is 184 g/mol. The number of carbonyl (C=O) groups is 2. The smallest absolute Gasteiger partial charge is 0.300 e. The molecule has 0 spiro atoms. The highest BCUT2D eigenvalue weighted by Crippen LogP contribution is 1.42. The summed E-state index contributed by atoms with van der Waals surface area (Å²) in [6.45, 7) is 2.17. The van der Waals surface area contributed by atoms with Gasteiger partial charge in [0.15, 0.2) is 0 Å². The summed E-state index contributed by atoms with van der Waals surface area (Å²) in [7, 11) is 1.86. The van der Waals surface area contributed by atoms with Crippen LogP contribution in [0.1, 0.15) is 13.8 Å². The average Bonchev–Trinajstić information content (AvgIpc) is 1.60. The van der Waals surface area contributed by atoms with Crippen molar-refractivity contribution >= 4 is 32.9 Å². The number of aliphatic carboxylic acids is 2. The second-order valence-corrected chi connectivity index (χ2v) is 4.71. The van der Waals surface area contributed by atoms with Gasteiger partial charge in [0.25, 0.3) is 11.9 Å². The van der Waals surface area contributed by atoms with Gasteiger partial charge in [-0.2, -0.15) is 0 Å². The molecule has 2 N–H and O–H groups in total. The van der Waals surface area contributed by atoms with Crippen LogP contribution in [-0.2, 0) is 13.7 Å². The SMILES string of the molecule is CC(=O)O.CC(=O)O.[SiH3]O[SiH3]. The molecule has 11 heavy (non-hydrogen) atoms. The number of hydrogen-bond donors (Lipinski definition) is 2. The van der Waals surface area contributed by atoms with Crippen LogP contribution in [0.25, 0.3) is 0 Å². The van der Waals surface area contributed by atoms with Gasteiger partial charge in [0.2, 0.25) is 0 Å². The van der Waals surface area contributed by atoms with Crippen molar-refractivity contribution < 1.29 is 23.9 Å². The molecule has 0 bridgehead atoms. The Morgan fingerprint density at radius 3 is 1.09 bits per heavy atom. The lowest BCUT2D eigenvalue weighted by Gasteiger charge is -1.62. The maximum atomic E-state index is 9.00. The van der Waals surface area contributed by atoms with E-state index in [1.165, 1.54) is 0 Å². The number of carboxylic acid groups (broad SMARTS) is 2. The fraction of sp³-hybridized carbons (Fsp3) is 0.500. The van der Waals surface area contributed by atoms with Crippen molar-refractivity contribution in [3.05, 3.63) is 0 Å². The van der Waals surface area contributed by atoms with Crippen LogP contribution in [0.5, 0.6) is 0 Å². The Balaban J connectivity index is -0.0000000886. The van der Waals surface area contributed by atoms with Crippen LogP contribution in [0.4, 0.5) is 0 Å². The molecule has 68 valence electrons. The summed E-state index contributed by atoms with van der Waals surface area (Å²) in [5, 5.41) is 14.8. The third kappa shape index (κ3) is 1130. The summed E-state index contributed by atoms with van der Waals surface area (Å²) < 4.78 is 4.53. The highest BCUT2D eigenvalue weighted by atomic mass is 28.3. The van der Waals surface area contributed by atoms with Gasteiger partial charge in [-0.25, -0.2) is 0 Å². The highest BCUT2D eigenvalue weighted by molar-refractivity contribution is 6.15. The second-order valence-electron chi connectivity index (χ2n) is 1.45. The van der Waals surface area contributed by atoms with E-state index in [2.05, 4.69) is 4.12 Å². The lowest BCUT2D eigenvalue weighted by molar-refractivity contribution is -0.135. The fourth-order valence-electron chi connectivity index (χ4n) is 0. The first-order valence-corrected chi connectivity index (χ1v) is 4.30. The van der Waals surface area contributed by atoms with Crippen molar-refractivity contribution in [2.75, 3.05) is 0 Å². The van der Waals surface area contributed by atoms with Crippen molar-refractivity contribution in [1.29, 1.82) is 0 Å². The van der Waals surface area contributed by atoms with Gasteiger partial charge in [0, 0.05) is 13.8 Å². The largest absolute Gasteiger partial charge is 0.481 e. The van der Waals surface area contributed by atoms with E-state index >= 15 is 0 Å². The summed E-state index contributed by atoms with van der Waals surface area (Å²) in [6, 6.07) is 0. The van der Waals surface area contributed by atoms with Crippen molar-refractivity contribution in [3.8, 4) is 0 Å². The lowest BCUT2D eigenvalue weighted by atomic mass is 10.9. The molecule has 0 rings (SSSR count). The summed E-state index contributed by atoms with van der Waals surface area (Å²) >= 11 is 0. The van der Waals surface area contributed by atoms with Crippen LogP contribution in [0.3, 0.4) is 0 Å². The van der Waals surface area contributed by atoms with Crippen LogP contribution in [0.15, 0.2) is 0 Å². The maximum Gasteiger partial charge on any atom is 0.300 e. The lowest BCUT2D eigenvalue weighted by Crippen LogP contribution is -1.78. The van der Waals surface area contributed by atoms with Gasteiger partial charge >= 0.3 is 0 Å².